The van der Waals surface area contributed by atoms with E-state index < -0.39 is 12.1 Å². The second kappa shape index (κ2) is 6.84. The molecule has 0 unspecified atom stereocenters. The van der Waals surface area contributed by atoms with Crippen LogP contribution in [0.25, 0.3) is 11.0 Å². The van der Waals surface area contributed by atoms with E-state index >= 15 is 0 Å². The number of esters is 1. The molecule has 0 N–H and O–H groups in total. The minimum absolute atomic E-state index is 0.131. The SMILES string of the molecule is COCc1c(C(=O)O[C@H](C)c2ccc(F)cc2)oc2ccccc12. The molecule has 0 fully saturated rings. The van der Waals surface area contributed by atoms with Crippen molar-refractivity contribution < 1.29 is 23.1 Å². The van der Waals surface area contributed by atoms with Crippen molar-refractivity contribution in [2.24, 2.45) is 0 Å². The van der Waals surface area contributed by atoms with E-state index in [-0.39, 0.29) is 18.2 Å². The molecular formula is C19H17FO4. The Kier molecular flexibility index (Phi) is 4.62. The van der Waals surface area contributed by atoms with Gasteiger partial charge >= 0.3 is 5.97 Å². The van der Waals surface area contributed by atoms with Crippen LogP contribution in [0.2, 0.25) is 0 Å². The second-order valence-electron chi connectivity index (χ2n) is 5.44. The zero-order valence-electron chi connectivity index (χ0n) is 13.4. The minimum Gasteiger partial charge on any atom is -0.452 e. The van der Waals surface area contributed by atoms with Gasteiger partial charge in [0.05, 0.1) is 6.61 Å². The van der Waals surface area contributed by atoms with Crippen LogP contribution in [0, 0.1) is 5.82 Å². The first-order valence-corrected chi connectivity index (χ1v) is 7.56. The number of halogens is 1. The maximum absolute atomic E-state index is 13.0. The first-order valence-electron chi connectivity index (χ1n) is 7.56. The third kappa shape index (κ3) is 3.16. The zero-order chi connectivity index (χ0) is 17.1. The first kappa shape index (κ1) is 16.2. The first-order chi connectivity index (χ1) is 11.6. The Morgan fingerprint density at radius 3 is 2.58 bits per heavy atom. The molecule has 0 amide bonds. The number of ether oxygens (including phenoxy) is 2. The number of carbonyl (C=O) groups excluding carboxylic acids is 1. The molecule has 3 aromatic rings. The molecule has 0 saturated carbocycles. The van der Waals surface area contributed by atoms with E-state index in [4.69, 9.17) is 13.9 Å². The number of hydrogen-bond acceptors (Lipinski definition) is 4. The van der Waals surface area contributed by atoms with Gasteiger partial charge in [0, 0.05) is 18.1 Å². The number of hydrogen-bond donors (Lipinski definition) is 0. The molecule has 4 nitrogen and oxygen atoms in total. The van der Waals surface area contributed by atoms with Crippen LogP contribution in [0.4, 0.5) is 4.39 Å². The van der Waals surface area contributed by atoms with Gasteiger partial charge in [-0.05, 0) is 30.7 Å². The van der Waals surface area contributed by atoms with Crippen LogP contribution in [0.1, 0.15) is 34.7 Å². The van der Waals surface area contributed by atoms with Crippen molar-refractivity contribution in [2.45, 2.75) is 19.6 Å². The van der Waals surface area contributed by atoms with E-state index in [0.29, 0.717) is 16.7 Å². The molecule has 124 valence electrons. The predicted molar refractivity (Wildman–Crippen MR) is 87.2 cm³/mol. The fraction of sp³-hybridized carbons (Fsp3) is 0.211. The van der Waals surface area contributed by atoms with Crippen LogP contribution in [-0.4, -0.2) is 13.1 Å². The lowest BCUT2D eigenvalue weighted by molar-refractivity contribution is 0.0298. The molecular weight excluding hydrogens is 311 g/mol. The minimum atomic E-state index is -0.574. The van der Waals surface area contributed by atoms with E-state index in [2.05, 4.69) is 0 Å². The van der Waals surface area contributed by atoms with Crippen LogP contribution >= 0.6 is 0 Å². The number of fused-ring (bicyclic) bond motifs is 1. The smallest absolute Gasteiger partial charge is 0.375 e. The fourth-order valence-electron chi connectivity index (χ4n) is 2.57. The van der Waals surface area contributed by atoms with Gasteiger partial charge in [-0.1, -0.05) is 30.3 Å². The molecule has 24 heavy (non-hydrogen) atoms. The maximum Gasteiger partial charge on any atom is 0.375 e. The molecule has 0 saturated heterocycles. The van der Waals surface area contributed by atoms with Crippen molar-refractivity contribution in [1.82, 2.24) is 0 Å². The van der Waals surface area contributed by atoms with Gasteiger partial charge in [0.1, 0.15) is 17.5 Å². The molecule has 0 spiro atoms. The zero-order valence-corrected chi connectivity index (χ0v) is 13.4. The molecule has 0 aliphatic rings. The highest BCUT2D eigenvalue weighted by atomic mass is 19.1. The average Bonchev–Trinajstić information content (AvgIpc) is 2.95. The number of para-hydroxylation sites is 1. The molecule has 1 aromatic heterocycles. The van der Waals surface area contributed by atoms with E-state index in [1.54, 1.807) is 32.2 Å². The molecule has 0 aliphatic heterocycles. The summed E-state index contributed by atoms with van der Waals surface area (Å²) in [6, 6.07) is 13.2. The quantitative estimate of drug-likeness (QED) is 0.640. The normalized spacial score (nSPS) is 12.3. The van der Waals surface area contributed by atoms with Gasteiger partial charge in [-0.2, -0.15) is 0 Å². The van der Waals surface area contributed by atoms with Gasteiger partial charge in [0.15, 0.2) is 0 Å². The number of benzene rings is 2. The van der Waals surface area contributed by atoms with Crippen LogP contribution < -0.4 is 0 Å². The number of rotatable bonds is 5. The lowest BCUT2D eigenvalue weighted by Crippen LogP contribution is -2.10. The Bertz CT molecular complexity index is 851. The van der Waals surface area contributed by atoms with Crippen molar-refractivity contribution in [1.29, 1.82) is 0 Å². The van der Waals surface area contributed by atoms with Gasteiger partial charge in [0.2, 0.25) is 5.76 Å². The van der Waals surface area contributed by atoms with Gasteiger partial charge in [0.25, 0.3) is 0 Å². The largest absolute Gasteiger partial charge is 0.452 e. The lowest BCUT2D eigenvalue weighted by atomic mass is 10.1. The summed E-state index contributed by atoms with van der Waals surface area (Å²) in [6.07, 6.45) is -0.526. The molecule has 0 aliphatic carbocycles. The number of furan rings is 1. The van der Waals surface area contributed by atoms with E-state index in [1.807, 2.05) is 18.2 Å². The molecule has 0 radical (unpaired) electrons. The Morgan fingerprint density at radius 1 is 1.17 bits per heavy atom. The number of carbonyl (C=O) groups is 1. The van der Waals surface area contributed by atoms with Crippen molar-refractivity contribution >= 4 is 16.9 Å². The monoisotopic (exact) mass is 328 g/mol. The molecule has 1 heterocycles. The average molecular weight is 328 g/mol. The van der Waals surface area contributed by atoms with Crippen LogP contribution in [0.5, 0.6) is 0 Å². The van der Waals surface area contributed by atoms with Gasteiger partial charge in [-0.3, -0.25) is 0 Å². The number of methoxy groups -OCH3 is 1. The Morgan fingerprint density at radius 2 is 1.88 bits per heavy atom. The highest BCUT2D eigenvalue weighted by Gasteiger charge is 2.23. The summed E-state index contributed by atoms with van der Waals surface area (Å²) in [5.41, 5.74) is 1.96. The molecule has 0 bridgehead atoms. The summed E-state index contributed by atoms with van der Waals surface area (Å²) in [5, 5.41) is 0.820. The standard InChI is InChI=1S/C19H17FO4/c1-12(13-7-9-14(20)10-8-13)23-19(21)18-16(11-22-2)15-5-3-4-6-17(15)24-18/h3-10,12H,11H2,1-2H3/t12-/m1/s1. The molecule has 2 aromatic carbocycles. The Hall–Kier alpha value is -2.66. The highest BCUT2D eigenvalue weighted by molar-refractivity contribution is 5.96. The highest BCUT2D eigenvalue weighted by Crippen LogP contribution is 2.28. The second-order valence-corrected chi connectivity index (χ2v) is 5.44. The Labute approximate surface area is 138 Å². The van der Waals surface area contributed by atoms with Crippen LogP contribution in [0.15, 0.2) is 52.9 Å². The van der Waals surface area contributed by atoms with Gasteiger partial charge < -0.3 is 13.9 Å². The van der Waals surface area contributed by atoms with Crippen molar-refractivity contribution in [3.63, 3.8) is 0 Å². The maximum atomic E-state index is 13.0. The van der Waals surface area contributed by atoms with Crippen molar-refractivity contribution in [3.8, 4) is 0 Å². The molecule has 5 heteroatoms. The summed E-state index contributed by atoms with van der Waals surface area (Å²) in [5.74, 6) is -0.779. The third-order valence-electron chi connectivity index (χ3n) is 3.80. The van der Waals surface area contributed by atoms with Gasteiger partial charge in [-0.15, -0.1) is 0 Å². The lowest BCUT2D eigenvalue weighted by Gasteiger charge is -2.13. The topological polar surface area (TPSA) is 48.7 Å². The van der Waals surface area contributed by atoms with Crippen LogP contribution in [0.3, 0.4) is 0 Å². The predicted octanol–water partition coefficient (Wildman–Crippen LogP) is 4.64. The van der Waals surface area contributed by atoms with E-state index in [0.717, 1.165) is 5.39 Å². The van der Waals surface area contributed by atoms with Gasteiger partial charge in [-0.25, -0.2) is 9.18 Å². The molecule has 1 atom stereocenters. The Balaban J connectivity index is 1.88. The third-order valence-corrected chi connectivity index (χ3v) is 3.80. The van der Waals surface area contributed by atoms with Crippen molar-refractivity contribution in [3.05, 3.63) is 71.2 Å². The van der Waals surface area contributed by atoms with E-state index in [1.165, 1.54) is 12.1 Å². The van der Waals surface area contributed by atoms with E-state index in [9.17, 15) is 9.18 Å². The summed E-state index contributed by atoms with van der Waals surface area (Å²) in [6.45, 7) is 1.97. The summed E-state index contributed by atoms with van der Waals surface area (Å²) < 4.78 is 29.3. The van der Waals surface area contributed by atoms with Crippen molar-refractivity contribution in [2.75, 3.05) is 7.11 Å². The summed E-state index contributed by atoms with van der Waals surface area (Å²) >= 11 is 0. The van der Waals surface area contributed by atoms with Crippen LogP contribution in [-0.2, 0) is 16.1 Å². The fourth-order valence-corrected chi connectivity index (χ4v) is 2.57. The molecule has 3 rings (SSSR count). The summed E-state index contributed by atoms with van der Waals surface area (Å²) in [7, 11) is 1.55. The summed E-state index contributed by atoms with van der Waals surface area (Å²) in [4.78, 5) is 12.5.